The number of anilines is 1. The highest BCUT2D eigenvalue weighted by Gasteiger charge is 2.17. The number of aromatic nitrogens is 4. The van der Waals surface area contributed by atoms with Crippen molar-refractivity contribution >= 4 is 16.9 Å². The molecule has 2 heterocycles. The van der Waals surface area contributed by atoms with Crippen molar-refractivity contribution in [1.82, 2.24) is 19.7 Å². The molecule has 0 aliphatic carbocycles. The van der Waals surface area contributed by atoms with E-state index in [0.717, 1.165) is 33.4 Å². The van der Waals surface area contributed by atoms with Gasteiger partial charge in [0, 0.05) is 17.2 Å². The van der Waals surface area contributed by atoms with Crippen LogP contribution in [0, 0.1) is 0 Å². The zero-order chi connectivity index (χ0) is 20.5. The summed E-state index contributed by atoms with van der Waals surface area (Å²) in [7, 11) is 0. The van der Waals surface area contributed by atoms with E-state index in [1.165, 1.54) is 0 Å². The van der Waals surface area contributed by atoms with Crippen LogP contribution in [0.5, 0.6) is 0 Å². The molecule has 0 saturated carbocycles. The van der Waals surface area contributed by atoms with Crippen molar-refractivity contribution in [3.8, 4) is 28.3 Å². The maximum absolute atomic E-state index is 9.27. The summed E-state index contributed by atoms with van der Waals surface area (Å²) in [6.45, 7) is 0.00394. The number of nitrogen functional groups attached to an aromatic ring is 1. The summed E-state index contributed by atoms with van der Waals surface area (Å²) >= 11 is 0. The van der Waals surface area contributed by atoms with Crippen molar-refractivity contribution < 1.29 is 5.11 Å². The molecule has 0 atom stereocenters. The van der Waals surface area contributed by atoms with E-state index in [4.69, 9.17) is 20.8 Å². The molecule has 6 nitrogen and oxygen atoms in total. The lowest BCUT2D eigenvalue weighted by Gasteiger charge is -2.11. The third kappa shape index (κ3) is 3.19. The first-order valence-electron chi connectivity index (χ1n) is 9.61. The third-order valence-electron chi connectivity index (χ3n) is 4.97. The van der Waals surface area contributed by atoms with E-state index in [1.54, 1.807) is 4.68 Å². The summed E-state index contributed by atoms with van der Waals surface area (Å²) in [6.07, 6.45) is 0. The van der Waals surface area contributed by atoms with Gasteiger partial charge in [0.25, 0.3) is 0 Å². The predicted molar refractivity (Wildman–Crippen MR) is 118 cm³/mol. The summed E-state index contributed by atoms with van der Waals surface area (Å²) in [6, 6.07) is 27.0. The number of nitrogens with two attached hydrogens (primary N) is 1. The van der Waals surface area contributed by atoms with Gasteiger partial charge in [0.05, 0.1) is 23.3 Å². The Hall–Kier alpha value is -4.03. The van der Waals surface area contributed by atoms with Gasteiger partial charge in [-0.15, -0.1) is 0 Å². The number of nitrogens with zero attached hydrogens (tertiary/aromatic N) is 4. The number of hydrogen-bond acceptors (Lipinski definition) is 5. The van der Waals surface area contributed by atoms with Crippen LogP contribution in [0.15, 0.2) is 84.9 Å². The number of benzene rings is 3. The molecular formula is C24H19N5O. The highest BCUT2D eigenvalue weighted by Crippen LogP contribution is 2.29. The lowest BCUT2D eigenvalue weighted by molar-refractivity contribution is 0.282. The van der Waals surface area contributed by atoms with Gasteiger partial charge in [-0.2, -0.15) is 9.78 Å². The number of aliphatic hydroxyl groups is 1. The Kier molecular flexibility index (Phi) is 4.46. The predicted octanol–water partition coefficient (Wildman–Crippen LogP) is 4.22. The van der Waals surface area contributed by atoms with Crippen LogP contribution < -0.4 is 5.73 Å². The Morgan fingerprint density at radius 2 is 1.43 bits per heavy atom. The van der Waals surface area contributed by atoms with Crippen LogP contribution in [-0.2, 0) is 6.61 Å². The van der Waals surface area contributed by atoms with E-state index in [-0.39, 0.29) is 6.61 Å². The van der Waals surface area contributed by atoms with Crippen molar-refractivity contribution in [1.29, 1.82) is 0 Å². The van der Waals surface area contributed by atoms with E-state index in [1.807, 2.05) is 84.9 Å². The molecule has 0 amide bonds. The molecule has 0 fully saturated rings. The van der Waals surface area contributed by atoms with Gasteiger partial charge in [0.2, 0.25) is 0 Å². The Morgan fingerprint density at radius 3 is 2.13 bits per heavy atom. The maximum Gasteiger partial charge on any atom is 0.182 e. The average Bonchev–Trinajstić information content (AvgIpc) is 3.20. The Labute approximate surface area is 173 Å². The number of para-hydroxylation sites is 2. The fourth-order valence-corrected chi connectivity index (χ4v) is 3.42. The van der Waals surface area contributed by atoms with Gasteiger partial charge in [0.1, 0.15) is 11.5 Å². The van der Waals surface area contributed by atoms with Gasteiger partial charge in [-0.1, -0.05) is 66.7 Å². The summed E-state index contributed by atoms with van der Waals surface area (Å²) < 4.78 is 1.64. The molecule has 0 radical (unpaired) electrons. The van der Waals surface area contributed by atoms with Crippen LogP contribution in [-0.4, -0.2) is 24.9 Å². The van der Waals surface area contributed by atoms with E-state index >= 15 is 0 Å². The van der Waals surface area contributed by atoms with Gasteiger partial charge in [-0.3, -0.25) is 0 Å². The standard InChI is InChI=1S/C24H19N5O/c25-22-14-21(17-12-10-16(15-30)11-13-17)28-29(22)24-23(18-6-2-1-3-7-18)26-19-8-4-5-9-20(19)27-24/h1-14,30H,15,25H2. The Morgan fingerprint density at radius 1 is 0.767 bits per heavy atom. The second-order valence-corrected chi connectivity index (χ2v) is 6.97. The zero-order valence-electron chi connectivity index (χ0n) is 16.1. The summed E-state index contributed by atoms with van der Waals surface area (Å²) in [5.41, 5.74) is 12.1. The van der Waals surface area contributed by atoms with Gasteiger partial charge < -0.3 is 10.8 Å². The quantitative estimate of drug-likeness (QED) is 0.477. The molecule has 0 spiro atoms. The fourth-order valence-electron chi connectivity index (χ4n) is 3.42. The normalized spacial score (nSPS) is 11.1. The van der Waals surface area contributed by atoms with Crippen molar-refractivity contribution in [3.05, 3.63) is 90.5 Å². The van der Waals surface area contributed by atoms with Gasteiger partial charge in [-0.25, -0.2) is 9.97 Å². The van der Waals surface area contributed by atoms with Crippen LogP contribution in [0.1, 0.15) is 5.56 Å². The topological polar surface area (TPSA) is 89.8 Å². The number of rotatable bonds is 4. The first kappa shape index (κ1) is 18.0. The van der Waals surface area contributed by atoms with E-state index < -0.39 is 0 Å². The van der Waals surface area contributed by atoms with Crippen molar-refractivity contribution in [2.24, 2.45) is 0 Å². The zero-order valence-corrected chi connectivity index (χ0v) is 16.1. The van der Waals surface area contributed by atoms with Crippen molar-refractivity contribution in [2.45, 2.75) is 6.61 Å². The molecule has 0 bridgehead atoms. The monoisotopic (exact) mass is 393 g/mol. The van der Waals surface area contributed by atoms with E-state index in [2.05, 4.69) is 0 Å². The van der Waals surface area contributed by atoms with Gasteiger partial charge in [-0.05, 0) is 17.7 Å². The fraction of sp³-hybridized carbons (Fsp3) is 0.0417. The molecule has 3 aromatic carbocycles. The minimum Gasteiger partial charge on any atom is -0.392 e. The van der Waals surface area contributed by atoms with E-state index in [0.29, 0.717) is 17.3 Å². The second kappa shape index (κ2) is 7.42. The van der Waals surface area contributed by atoms with E-state index in [9.17, 15) is 5.11 Å². The SMILES string of the molecule is Nc1cc(-c2ccc(CO)cc2)nn1-c1nc2ccccc2nc1-c1ccccc1. The smallest absolute Gasteiger partial charge is 0.182 e. The van der Waals surface area contributed by atoms with Crippen LogP contribution >= 0.6 is 0 Å². The molecule has 146 valence electrons. The highest BCUT2D eigenvalue weighted by molar-refractivity contribution is 5.81. The molecule has 5 rings (SSSR count). The van der Waals surface area contributed by atoms with Crippen molar-refractivity contribution in [2.75, 3.05) is 5.73 Å². The number of fused-ring (bicyclic) bond motifs is 1. The van der Waals surface area contributed by atoms with Gasteiger partial charge >= 0.3 is 0 Å². The third-order valence-corrected chi connectivity index (χ3v) is 4.97. The molecule has 6 heteroatoms. The molecule has 0 saturated heterocycles. The molecule has 0 aliphatic rings. The second-order valence-electron chi connectivity index (χ2n) is 6.97. The molecule has 0 aliphatic heterocycles. The van der Waals surface area contributed by atoms with Crippen LogP contribution in [0.4, 0.5) is 5.82 Å². The average molecular weight is 393 g/mol. The summed E-state index contributed by atoms with van der Waals surface area (Å²) in [5, 5.41) is 14.0. The van der Waals surface area contributed by atoms with Crippen LogP contribution in [0.3, 0.4) is 0 Å². The van der Waals surface area contributed by atoms with Crippen LogP contribution in [0.2, 0.25) is 0 Å². The first-order valence-corrected chi connectivity index (χ1v) is 9.61. The number of hydrogen-bond donors (Lipinski definition) is 2. The summed E-state index contributed by atoms with van der Waals surface area (Å²) in [5.74, 6) is 1.05. The number of aliphatic hydroxyl groups excluding tert-OH is 1. The van der Waals surface area contributed by atoms with Gasteiger partial charge in [0.15, 0.2) is 5.82 Å². The lowest BCUT2D eigenvalue weighted by Crippen LogP contribution is -2.08. The summed E-state index contributed by atoms with van der Waals surface area (Å²) in [4.78, 5) is 9.70. The Balaban J connectivity index is 1.69. The lowest BCUT2D eigenvalue weighted by atomic mass is 10.1. The van der Waals surface area contributed by atoms with Crippen LogP contribution in [0.25, 0.3) is 39.4 Å². The largest absolute Gasteiger partial charge is 0.392 e. The first-order chi connectivity index (χ1) is 14.7. The maximum atomic E-state index is 9.27. The van der Waals surface area contributed by atoms with Crippen molar-refractivity contribution in [3.63, 3.8) is 0 Å². The molecule has 0 unspecified atom stereocenters. The molecule has 3 N–H and O–H groups in total. The minimum absolute atomic E-state index is 0.00394. The molecule has 5 aromatic rings. The molecule has 2 aromatic heterocycles. The Bertz CT molecular complexity index is 1330. The highest BCUT2D eigenvalue weighted by atomic mass is 16.3. The molecule has 30 heavy (non-hydrogen) atoms. The minimum atomic E-state index is 0.00394. The molecular weight excluding hydrogens is 374 g/mol.